The van der Waals surface area contributed by atoms with Crippen LogP contribution in [0, 0.1) is 11.3 Å². The molecule has 0 aromatic carbocycles. The van der Waals surface area contributed by atoms with E-state index in [4.69, 9.17) is 10.00 Å². The molecule has 1 aromatic heterocycles. The van der Waals surface area contributed by atoms with E-state index in [2.05, 4.69) is 9.97 Å². The average molecular weight is 163 g/mol. The zero-order valence-corrected chi connectivity index (χ0v) is 7.03. The molecule has 0 radical (unpaired) electrons. The Morgan fingerprint density at radius 1 is 1.58 bits per heavy atom. The standard InChI is InChI=1S/C8H9N3O/c1-3-7-10-6(5-9)4-8(11-7)12-2/h4H,3H2,1-2H3. The van der Waals surface area contributed by atoms with E-state index in [-0.39, 0.29) is 0 Å². The number of ether oxygens (including phenoxy) is 1. The molecule has 0 amide bonds. The molecule has 1 aromatic rings. The van der Waals surface area contributed by atoms with Gasteiger partial charge in [0.15, 0.2) is 0 Å². The Morgan fingerprint density at radius 3 is 2.83 bits per heavy atom. The van der Waals surface area contributed by atoms with Gasteiger partial charge in [0, 0.05) is 12.5 Å². The maximum absolute atomic E-state index is 8.58. The molecular weight excluding hydrogens is 154 g/mol. The summed E-state index contributed by atoms with van der Waals surface area (Å²) in [4.78, 5) is 8.00. The van der Waals surface area contributed by atoms with Crippen molar-refractivity contribution in [3.63, 3.8) is 0 Å². The van der Waals surface area contributed by atoms with Crippen LogP contribution in [0.2, 0.25) is 0 Å². The van der Waals surface area contributed by atoms with E-state index in [0.29, 0.717) is 23.8 Å². The summed E-state index contributed by atoms with van der Waals surface area (Å²) in [5, 5.41) is 8.58. The minimum Gasteiger partial charge on any atom is -0.481 e. The van der Waals surface area contributed by atoms with Crippen LogP contribution in [0.4, 0.5) is 0 Å². The first-order valence-electron chi connectivity index (χ1n) is 3.62. The maximum Gasteiger partial charge on any atom is 0.217 e. The van der Waals surface area contributed by atoms with Crippen molar-refractivity contribution in [1.29, 1.82) is 5.26 Å². The minimum absolute atomic E-state index is 0.346. The Bertz CT molecular complexity index is 294. The Kier molecular flexibility index (Phi) is 2.59. The van der Waals surface area contributed by atoms with Crippen LogP contribution >= 0.6 is 0 Å². The molecule has 1 rings (SSSR count). The molecule has 0 aliphatic rings. The molecule has 12 heavy (non-hydrogen) atoms. The van der Waals surface area contributed by atoms with Gasteiger partial charge >= 0.3 is 0 Å². The van der Waals surface area contributed by atoms with Gasteiger partial charge in [-0.2, -0.15) is 10.2 Å². The summed E-state index contributed by atoms with van der Waals surface area (Å²) in [5.74, 6) is 1.07. The predicted molar refractivity (Wildman–Crippen MR) is 42.7 cm³/mol. The fourth-order valence-electron chi connectivity index (χ4n) is 0.793. The SMILES string of the molecule is CCc1nc(C#N)cc(OC)n1. The Balaban J connectivity index is 3.12. The van der Waals surface area contributed by atoms with Crippen LogP contribution in [0.15, 0.2) is 6.07 Å². The summed E-state index contributed by atoms with van der Waals surface area (Å²) in [6.45, 7) is 1.93. The lowest BCUT2D eigenvalue weighted by molar-refractivity contribution is 0.394. The zero-order valence-electron chi connectivity index (χ0n) is 7.03. The molecule has 0 aliphatic carbocycles. The normalized spacial score (nSPS) is 9.08. The van der Waals surface area contributed by atoms with Gasteiger partial charge in [-0.1, -0.05) is 6.92 Å². The zero-order chi connectivity index (χ0) is 8.97. The third-order valence-corrected chi connectivity index (χ3v) is 1.39. The number of nitrogens with zero attached hydrogens (tertiary/aromatic N) is 3. The minimum atomic E-state index is 0.346. The number of nitriles is 1. The molecule has 0 spiro atoms. The largest absolute Gasteiger partial charge is 0.481 e. The third-order valence-electron chi connectivity index (χ3n) is 1.39. The van der Waals surface area contributed by atoms with Crippen molar-refractivity contribution >= 4 is 0 Å². The smallest absolute Gasteiger partial charge is 0.217 e. The number of aryl methyl sites for hydroxylation is 1. The van der Waals surface area contributed by atoms with E-state index in [1.54, 1.807) is 0 Å². The van der Waals surface area contributed by atoms with E-state index in [9.17, 15) is 0 Å². The number of hydrogen-bond donors (Lipinski definition) is 0. The summed E-state index contributed by atoms with van der Waals surface area (Å²) >= 11 is 0. The van der Waals surface area contributed by atoms with E-state index >= 15 is 0 Å². The Hall–Kier alpha value is -1.63. The van der Waals surface area contributed by atoms with E-state index < -0.39 is 0 Å². The number of aromatic nitrogens is 2. The lowest BCUT2D eigenvalue weighted by atomic mass is 10.4. The highest BCUT2D eigenvalue weighted by Gasteiger charge is 2.01. The second kappa shape index (κ2) is 3.67. The van der Waals surface area contributed by atoms with Gasteiger partial charge < -0.3 is 4.74 Å². The monoisotopic (exact) mass is 163 g/mol. The van der Waals surface area contributed by atoms with Crippen LogP contribution in [0.25, 0.3) is 0 Å². The van der Waals surface area contributed by atoms with Crippen molar-refractivity contribution in [3.8, 4) is 11.9 Å². The Labute approximate surface area is 70.8 Å². The van der Waals surface area contributed by atoms with E-state index in [1.165, 1.54) is 13.2 Å². The summed E-state index contributed by atoms with van der Waals surface area (Å²) < 4.78 is 4.90. The molecule has 0 saturated heterocycles. The highest BCUT2D eigenvalue weighted by atomic mass is 16.5. The van der Waals surface area contributed by atoms with Crippen molar-refractivity contribution in [2.24, 2.45) is 0 Å². The molecule has 0 aliphatic heterocycles. The second-order valence-corrected chi connectivity index (χ2v) is 2.18. The lowest BCUT2D eigenvalue weighted by Gasteiger charge is -2.00. The number of rotatable bonds is 2. The summed E-state index contributed by atoms with van der Waals surface area (Å²) in [7, 11) is 1.52. The van der Waals surface area contributed by atoms with Gasteiger partial charge in [-0.3, -0.25) is 0 Å². The third kappa shape index (κ3) is 1.70. The van der Waals surface area contributed by atoms with Gasteiger partial charge in [-0.15, -0.1) is 0 Å². The van der Waals surface area contributed by atoms with Crippen molar-refractivity contribution < 1.29 is 4.74 Å². The quantitative estimate of drug-likeness (QED) is 0.650. The van der Waals surface area contributed by atoms with E-state index in [1.807, 2.05) is 13.0 Å². The molecule has 4 nitrogen and oxygen atoms in total. The van der Waals surface area contributed by atoms with Crippen LogP contribution in [0.3, 0.4) is 0 Å². The number of hydrogen-bond acceptors (Lipinski definition) is 4. The van der Waals surface area contributed by atoms with Gasteiger partial charge in [0.1, 0.15) is 17.6 Å². The maximum atomic E-state index is 8.58. The molecule has 0 fully saturated rings. The van der Waals surface area contributed by atoms with Crippen LogP contribution in [0.5, 0.6) is 5.88 Å². The van der Waals surface area contributed by atoms with Crippen LogP contribution in [-0.2, 0) is 6.42 Å². The molecule has 0 N–H and O–H groups in total. The molecule has 0 bridgehead atoms. The van der Waals surface area contributed by atoms with Gasteiger partial charge in [-0.05, 0) is 0 Å². The van der Waals surface area contributed by atoms with Crippen molar-refractivity contribution in [2.45, 2.75) is 13.3 Å². The topological polar surface area (TPSA) is 58.8 Å². The van der Waals surface area contributed by atoms with Crippen molar-refractivity contribution in [2.75, 3.05) is 7.11 Å². The van der Waals surface area contributed by atoms with Gasteiger partial charge in [0.2, 0.25) is 5.88 Å². The van der Waals surface area contributed by atoms with Crippen LogP contribution < -0.4 is 4.74 Å². The molecule has 1 heterocycles. The molecular formula is C8H9N3O. The first-order chi connectivity index (χ1) is 5.80. The van der Waals surface area contributed by atoms with Crippen molar-refractivity contribution in [3.05, 3.63) is 17.6 Å². The van der Waals surface area contributed by atoms with Crippen LogP contribution in [0.1, 0.15) is 18.4 Å². The molecule has 62 valence electrons. The van der Waals surface area contributed by atoms with Gasteiger partial charge in [-0.25, -0.2) is 4.98 Å². The molecule has 4 heteroatoms. The second-order valence-electron chi connectivity index (χ2n) is 2.18. The summed E-state index contributed by atoms with van der Waals surface area (Å²) in [6.07, 6.45) is 0.700. The summed E-state index contributed by atoms with van der Waals surface area (Å²) in [6, 6.07) is 3.46. The highest BCUT2D eigenvalue weighted by Crippen LogP contribution is 2.07. The number of methoxy groups -OCH3 is 1. The van der Waals surface area contributed by atoms with Crippen molar-refractivity contribution in [1.82, 2.24) is 9.97 Å². The fourth-order valence-corrected chi connectivity index (χ4v) is 0.793. The predicted octanol–water partition coefficient (Wildman–Crippen LogP) is 0.919. The highest BCUT2D eigenvalue weighted by molar-refractivity contribution is 5.25. The Morgan fingerprint density at radius 2 is 2.33 bits per heavy atom. The van der Waals surface area contributed by atoms with Crippen LogP contribution in [-0.4, -0.2) is 17.1 Å². The fraction of sp³-hybridized carbons (Fsp3) is 0.375. The van der Waals surface area contributed by atoms with Gasteiger partial charge in [0.05, 0.1) is 7.11 Å². The molecule has 0 saturated carbocycles. The first kappa shape index (κ1) is 8.47. The first-order valence-corrected chi connectivity index (χ1v) is 3.62. The summed E-state index contributed by atoms with van der Waals surface area (Å²) in [5.41, 5.74) is 0.346. The average Bonchev–Trinajstić information content (AvgIpc) is 2.16. The van der Waals surface area contributed by atoms with Gasteiger partial charge in [0.25, 0.3) is 0 Å². The van der Waals surface area contributed by atoms with E-state index in [0.717, 1.165) is 0 Å². The molecule has 0 unspecified atom stereocenters. The lowest BCUT2D eigenvalue weighted by Crippen LogP contribution is -1.98. The molecule has 0 atom stereocenters.